The van der Waals surface area contributed by atoms with E-state index in [0.29, 0.717) is 0 Å². The summed E-state index contributed by atoms with van der Waals surface area (Å²) in [6, 6.07) is 16.8. The van der Waals surface area contributed by atoms with Crippen molar-refractivity contribution in [1.82, 2.24) is 9.88 Å². The van der Waals surface area contributed by atoms with Gasteiger partial charge in [0.15, 0.2) is 0 Å². The third-order valence-corrected chi connectivity index (χ3v) is 4.98. The quantitative estimate of drug-likeness (QED) is 0.648. The Kier molecular flexibility index (Phi) is 4.73. The fraction of sp³-hybridized carbons (Fsp3) is 0.182. The largest absolute Gasteiger partial charge is 0.361 e. The molecule has 126 valence electrons. The van der Waals surface area contributed by atoms with Crippen LogP contribution < -0.4 is 0 Å². The van der Waals surface area contributed by atoms with E-state index in [0.717, 1.165) is 36.6 Å². The number of nitrogens with zero attached hydrogens (tertiary/aromatic N) is 1. The summed E-state index contributed by atoms with van der Waals surface area (Å²) in [6.45, 7) is 3.06. The molecule has 0 saturated heterocycles. The third-order valence-electron chi connectivity index (χ3n) is 4.76. The van der Waals surface area contributed by atoms with E-state index in [2.05, 4.69) is 64.5 Å². The van der Waals surface area contributed by atoms with E-state index < -0.39 is 0 Å². The zero-order chi connectivity index (χ0) is 17.1. The average Bonchev–Trinajstić information content (AvgIpc) is 3.11. The van der Waals surface area contributed by atoms with Crippen LogP contribution in [0.5, 0.6) is 0 Å². The molecule has 3 heteroatoms. The molecule has 0 saturated carbocycles. The molecule has 0 bridgehead atoms. The third kappa shape index (κ3) is 3.71. The lowest BCUT2D eigenvalue weighted by atomic mass is 9.99. The predicted octanol–water partition coefficient (Wildman–Crippen LogP) is 5.62. The van der Waals surface area contributed by atoms with Gasteiger partial charge in [0.1, 0.15) is 0 Å². The van der Waals surface area contributed by atoms with Gasteiger partial charge in [-0.15, -0.1) is 0 Å². The smallest absolute Gasteiger partial charge is 0.0474 e. The highest BCUT2D eigenvalue weighted by atomic mass is 35.5. The van der Waals surface area contributed by atoms with Gasteiger partial charge in [0.25, 0.3) is 0 Å². The predicted molar refractivity (Wildman–Crippen MR) is 108 cm³/mol. The fourth-order valence-corrected chi connectivity index (χ4v) is 3.64. The van der Waals surface area contributed by atoms with E-state index in [1.165, 1.54) is 22.1 Å². The lowest BCUT2D eigenvalue weighted by Gasteiger charge is -2.25. The lowest BCUT2D eigenvalue weighted by Crippen LogP contribution is -2.28. The van der Waals surface area contributed by atoms with Gasteiger partial charge in [-0.2, -0.15) is 0 Å². The van der Waals surface area contributed by atoms with Crippen molar-refractivity contribution in [3.63, 3.8) is 0 Å². The molecule has 0 unspecified atom stereocenters. The second kappa shape index (κ2) is 7.30. The topological polar surface area (TPSA) is 19.0 Å². The normalized spacial score (nSPS) is 15.8. The molecule has 1 N–H and O–H groups in total. The van der Waals surface area contributed by atoms with E-state index in [9.17, 15) is 0 Å². The van der Waals surface area contributed by atoms with Gasteiger partial charge < -0.3 is 4.98 Å². The van der Waals surface area contributed by atoms with Gasteiger partial charge in [-0.1, -0.05) is 60.2 Å². The Hall–Kier alpha value is -2.29. The SMILES string of the molecule is Clc1cc(C=CCN2CC=C(c3ccccc3)CC2)c2cc[nH]c2c1. The Labute approximate surface area is 153 Å². The molecule has 2 aromatic carbocycles. The number of halogens is 1. The summed E-state index contributed by atoms with van der Waals surface area (Å²) in [4.78, 5) is 5.68. The molecule has 4 rings (SSSR count). The maximum absolute atomic E-state index is 6.21. The first-order valence-electron chi connectivity index (χ1n) is 8.69. The summed E-state index contributed by atoms with van der Waals surface area (Å²) < 4.78 is 0. The summed E-state index contributed by atoms with van der Waals surface area (Å²) in [5, 5.41) is 1.98. The highest BCUT2D eigenvalue weighted by Crippen LogP contribution is 2.25. The zero-order valence-electron chi connectivity index (χ0n) is 14.1. The van der Waals surface area contributed by atoms with Crippen LogP contribution in [0.25, 0.3) is 22.6 Å². The molecule has 1 aliphatic rings. The van der Waals surface area contributed by atoms with Crippen LogP contribution in [0.1, 0.15) is 17.5 Å². The minimum Gasteiger partial charge on any atom is -0.361 e. The van der Waals surface area contributed by atoms with Gasteiger partial charge >= 0.3 is 0 Å². The number of benzene rings is 2. The number of nitrogens with one attached hydrogen (secondary N) is 1. The fourth-order valence-electron chi connectivity index (χ4n) is 3.42. The van der Waals surface area contributed by atoms with Crippen LogP contribution in [-0.4, -0.2) is 29.5 Å². The number of fused-ring (bicyclic) bond motifs is 1. The van der Waals surface area contributed by atoms with E-state index >= 15 is 0 Å². The molecule has 0 spiro atoms. The molecule has 1 aliphatic heterocycles. The van der Waals surface area contributed by atoms with Crippen LogP contribution in [0, 0.1) is 0 Å². The molecular weight excluding hydrogens is 328 g/mol. The molecule has 0 radical (unpaired) electrons. The molecule has 25 heavy (non-hydrogen) atoms. The Morgan fingerprint density at radius 1 is 1.12 bits per heavy atom. The number of aromatic amines is 1. The van der Waals surface area contributed by atoms with Gasteiger partial charge in [0.2, 0.25) is 0 Å². The molecule has 0 amide bonds. The van der Waals surface area contributed by atoms with Gasteiger partial charge in [-0.3, -0.25) is 4.90 Å². The molecular formula is C22H21ClN2. The summed E-state index contributed by atoms with van der Waals surface area (Å²) in [7, 11) is 0. The molecule has 2 nitrogen and oxygen atoms in total. The van der Waals surface area contributed by atoms with Crippen molar-refractivity contribution in [3.8, 4) is 0 Å². The Morgan fingerprint density at radius 2 is 2.00 bits per heavy atom. The van der Waals surface area contributed by atoms with Crippen LogP contribution in [0.2, 0.25) is 5.02 Å². The number of hydrogen-bond donors (Lipinski definition) is 1. The van der Waals surface area contributed by atoms with Gasteiger partial charge in [0, 0.05) is 41.8 Å². The second-order valence-electron chi connectivity index (χ2n) is 6.44. The lowest BCUT2D eigenvalue weighted by molar-refractivity contribution is 0.335. The number of rotatable bonds is 4. The van der Waals surface area contributed by atoms with Crippen LogP contribution in [0.15, 0.2) is 66.9 Å². The van der Waals surface area contributed by atoms with Crippen molar-refractivity contribution >= 4 is 34.2 Å². The Morgan fingerprint density at radius 3 is 2.80 bits per heavy atom. The van der Waals surface area contributed by atoms with E-state index in [-0.39, 0.29) is 0 Å². The van der Waals surface area contributed by atoms with Crippen LogP contribution in [0.4, 0.5) is 0 Å². The summed E-state index contributed by atoms with van der Waals surface area (Å²) in [5.74, 6) is 0. The number of aromatic nitrogens is 1. The first-order chi connectivity index (χ1) is 12.3. The van der Waals surface area contributed by atoms with Crippen molar-refractivity contribution in [1.29, 1.82) is 0 Å². The van der Waals surface area contributed by atoms with E-state index in [4.69, 9.17) is 11.6 Å². The Balaban J connectivity index is 1.41. The van der Waals surface area contributed by atoms with Crippen molar-refractivity contribution in [2.75, 3.05) is 19.6 Å². The summed E-state index contributed by atoms with van der Waals surface area (Å²) >= 11 is 6.21. The average molecular weight is 349 g/mol. The standard InChI is InChI=1S/C22H21ClN2/c23-20-15-19(21-8-11-24-22(21)16-20)7-4-12-25-13-9-18(10-14-25)17-5-2-1-3-6-17/h1-9,11,15-16,24H,10,12-14H2. The number of hydrogen-bond acceptors (Lipinski definition) is 1. The zero-order valence-corrected chi connectivity index (χ0v) is 14.8. The molecule has 0 aliphatic carbocycles. The van der Waals surface area contributed by atoms with Gasteiger partial charge in [0.05, 0.1) is 0 Å². The maximum Gasteiger partial charge on any atom is 0.0474 e. The highest BCUT2D eigenvalue weighted by Gasteiger charge is 2.11. The Bertz CT molecular complexity index is 922. The van der Waals surface area contributed by atoms with E-state index in [1.54, 1.807) is 0 Å². The van der Waals surface area contributed by atoms with E-state index in [1.807, 2.05) is 18.3 Å². The maximum atomic E-state index is 6.21. The highest BCUT2D eigenvalue weighted by molar-refractivity contribution is 6.31. The van der Waals surface area contributed by atoms with Gasteiger partial charge in [-0.05, 0) is 41.3 Å². The molecule has 2 heterocycles. The molecule has 0 atom stereocenters. The van der Waals surface area contributed by atoms with Crippen LogP contribution >= 0.6 is 11.6 Å². The first-order valence-corrected chi connectivity index (χ1v) is 9.07. The van der Waals surface area contributed by atoms with Crippen LogP contribution in [0.3, 0.4) is 0 Å². The summed E-state index contributed by atoms with van der Waals surface area (Å²) in [5.41, 5.74) is 5.07. The van der Waals surface area contributed by atoms with Crippen molar-refractivity contribution in [2.24, 2.45) is 0 Å². The van der Waals surface area contributed by atoms with Crippen molar-refractivity contribution in [2.45, 2.75) is 6.42 Å². The van der Waals surface area contributed by atoms with Crippen LogP contribution in [-0.2, 0) is 0 Å². The number of H-pyrrole nitrogens is 1. The minimum absolute atomic E-state index is 0.767. The van der Waals surface area contributed by atoms with Crippen molar-refractivity contribution in [3.05, 3.63) is 83.0 Å². The second-order valence-corrected chi connectivity index (χ2v) is 6.88. The van der Waals surface area contributed by atoms with Gasteiger partial charge in [-0.25, -0.2) is 0 Å². The molecule has 0 fully saturated rings. The first kappa shape index (κ1) is 16.2. The summed E-state index contributed by atoms with van der Waals surface area (Å²) in [6.07, 6.45) is 9.84. The van der Waals surface area contributed by atoms with Crippen molar-refractivity contribution < 1.29 is 0 Å². The minimum atomic E-state index is 0.767. The molecule has 3 aromatic rings. The molecule has 1 aromatic heterocycles. The monoisotopic (exact) mass is 348 g/mol.